The van der Waals surface area contributed by atoms with Crippen molar-refractivity contribution < 1.29 is 19.2 Å². The van der Waals surface area contributed by atoms with E-state index in [0.29, 0.717) is 45.3 Å². The van der Waals surface area contributed by atoms with Crippen molar-refractivity contribution in [1.82, 2.24) is 0 Å². The van der Waals surface area contributed by atoms with Gasteiger partial charge in [-0.15, -0.1) is 0 Å². The average Bonchev–Trinajstić information content (AvgIpc) is 3.13. The molecule has 6 aromatic rings. The molecule has 8 nitrogen and oxygen atoms in total. The highest BCUT2D eigenvalue weighted by atomic mass is 16.2. The monoisotopic (exact) mass is 656 g/mol. The number of rotatable bonds is 8. The Morgan fingerprint density at radius 1 is 0.420 bits per heavy atom. The van der Waals surface area contributed by atoms with Gasteiger partial charge in [0.05, 0.1) is 45.3 Å². The normalized spacial score (nSPS) is 11.6. The summed E-state index contributed by atoms with van der Waals surface area (Å²) in [5.41, 5.74) is 6.97. The van der Waals surface area contributed by atoms with Gasteiger partial charge in [0.2, 0.25) is 0 Å². The van der Waals surface area contributed by atoms with E-state index >= 15 is 0 Å². The molecule has 0 aliphatic heterocycles. The second kappa shape index (κ2) is 13.4. The Balaban J connectivity index is 1.20. The third-order valence-corrected chi connectivity index (χ3v) is 8.53. The molecule has 8 heteroatoms. The van der Waals surface area contributed by atoms with Crippen LogP contribution in [0.2, 0.25) is 0 Å². The molecule has 0 unspecified atom stereocenters. The maximum atomic E-state index is 14.2. The van der Waals surface area contributed by atoms with Gasteiger partial charge in [-0.2, -0.15) is 0 Å². The first-order valence-electron chi connectivity index (χ1n) is 16.1. The number of amides is 2. The summed E-state index contributed by atoms with van der Waals surface area (Å²) < 4.78 is 0. The number of nitrogens with one attached hydrogen (secondary N) is 4. The Bertz CT molecular complexity index is 2150. The maximum absolute atomic E-state index is 14.2. The van der Waals surface area contributed by atoms with E-state index in [9.17, 15) is 19.2 Å². The minimum atomic E-state index is -0.315. The van der Waals surface area contributed by atoms with Gasteiger partial charge in [0.15, 0.2) is 11.6 Å². The van der Waals surface area contributed by atoms with Gasteiger partial charge in [0.1, 0.15) is 0 Å². The van der Waals surface area contributed by atoms with Crippen molar-refractivity contribution in [3.05, 3.63) is 178 Å². The van der Waals surface area contributed by atoms with Crippen LogP contribution in [0.4, 0.5) is 34.1 Å². The number of fused-ring (bicyclic) bond motifs is 2. The summed E-state index contributed by atoms with van der Waals surface area (Å²) in [5.74, 6) is -1.17. The van der Waals surface area contributed by atoms with E-state index in [0.717, 1.165) is 11.1 Å². The highest BCUT2D eigenvalue weighted by molar-refractivity contribution is 6.32. The lowest BCUT2D eigenvalue weighted by Gasteiger charge is -2.24. The number of carbonyl (C=O) groups excluding carboxylic acids is 4. The minimum absolute atomic E-state index is 0.245. The van der Waals surface area contributed by atoms with E-state index in [4.69, 9.17) is 0 Å². The first-order chi connectivity index (χ1) is 24.3. The van der Waals surface area contributed by atoms with Gasteiger partial charge in [0.25, 0.3) is 11.8 Å². The van der Waals surface area contributed by atoms with Gasteiger partial charge in [-0.1, -0.05) is 72.8 Å². The van der Waals surface area contributed by atoms with E-state index in [1.54, 1.807) is 84.9 Å². The van der Waals surface area contributed by atoms with Gasteiger partial charge in [-0.25, -0.2) is 0 Å². The molecule has 0 radical (unpaired) electrons. The number of ketones is 2. The van der Waals surface area contributed by atoms with Gasteiger partial charge in [-0.3, -0.25) is 19.2 Å². The molecule has 0 heterocycles. The molecular weight excluding hydrogens is 624 g/mol. The maximum Gasteiger partial charge on any atom is 0.255 e. The number of benzene rings is 6. The molecule has 50 heavy (non-hydrogen) atoms. The van der Waals surface area contributed by atoms with Crippen LogP contribution < -0.4 is 21.3 Å². The fourth-order valence-corrected chi connectivity index (χ4v) is 6.05. The van der Waals surface area contributed by atoms with Crippen LogP contribution in [-0.4, -0.2) is 23.4 Å². The van der Waals surface area contributed by atoms with Crippen molar-refractivity contribution in [2.24, 2.45) is 0 Å². The van der Waals surface area contributed by atoms with E-state index in [2.05, 4.69) is 21.3 Å². The van der Waals surface area contributed by atoms with Gasteiger partial charge >= 0.3 is 0 Å². The lowest BCUT2D eigenvalue weighted by molar-refractivity contribution is 0.0980. The van der Waals surface area contributed by atoms with Crippen LogP contribution >= 0.6 is 0 Å². The van der Waals surface area contributed by atoms with E-state index < -0.39 is 0 Å². The summed E-state index contributed by atoms with van der Waals surface area (Å²) in [4.78, 5) is 54.6. The molecule has 0 spiro atoms. The second-order valence-electron chi connectivity index (χ2n) is 12.1. The summed E-state index contributed by atoms with van der Waals surface area (Å²) in [6.45, 7) is 3.85. The summed E-state index contributed by atoms with van der Waals surface area (Å²) >= 11 is 0. The smallest absolute Gasteiger partial charge is 0.255 e. The third-order valence-electron chi connectivity index (χ3n) is 8.53. The predicted octanol–water partition coefficient (Wildman–Crippen LogP) is 9.07. The standard InChI is InChI=1S/C42H32N4O4/c1-25-19-21-31(35(23-25)45-41(49)27-11-5-3-6-12-27)43-33-17-9-15-29-37(33)39(47)30-16-10-18-34(38(30)40(29)48)44-32-22-20-26(2)24-36(32)46-42(50)28-13-7-4-8-14-28/h3-24,43-44H,1-2H3,(H,45,49)(H,46,50). The molecule has 0 saturated heterocycles. The van der Waals surface area contributed by atoms with Crippen LogP contribution in [0, 0.1) is 13.8 Å². The van der Waals surface area contributed by atoms with Crippen molar-refractivity contribution >= 4 is 57.5 Å². The van der Waals surface area contributed by atoms with Crippen molar-refractivity contribution in [2.75, 3.05) is 21.3 Å². The zero-order valence-electron chi connectivity index (χ0n) is 27.3. The topological polar surface area (TPSA) is 116 Å². The minimum Gasteiger partial charge on any atom is -0.353 e. The molecular formula is C42H32N4O4. The number of hydrogen-bond acceptors (Lipinski definition) is 6. The second-order valence-corrected chi connectivity index (χ2v) is 12.1. The zero-order chi connectivity index (χ0) is 34.8. The molecule has 0 bridgehead atoms. The van der Waals surface area contributed by atoms with Gasteiger partial charge in [-0.05, 0) is 85.6 Å². The molecule has 0 fully saturated rings. The highest BCUT2D eigenvalue weighted by Gasteiger charge is 2.34. The SMILES string of the molecule is Cc1ccc(Nc2cccc3c2C(=O)c2cccc(Nc4ccc(C)cc4NC(=O)c4ccccc4)c2C3=O)c(NC(=O)c2ccccc2)c1. The third kappa shape index (κ3) is 6.25. The Labute approximate surface area is 289 Å². The Morgan fingerprint density at radius 2 is 0.820 bits per heavy atom. The van der Waals surface area contributed by atoms with Crippen LogP contribution in [0.5, 0.6) is 0 Å². The quantitative estimate of drug-likeness (QED) is 0.130. The van der Waals surface area contributed by atoms with Crippen LogP contribution in [0.1, 0.15) is 63.7 Å². The molecule has 244 valence electrons. The summed E-state index contributed by atoms with van der Waals surface area (Å²) in [5, 5.41) is 12.6. The lowest BCUT2D eigenvalue weighted by Crippen LogP contribution is -2.23. The van der Waals surface area contributed by atoms with Gasteiger partial charge in [0, 0.05) is 22.3 Å². The largest absolute Gasteiger partial charge is 0.353 e. The van der Waals surface area contributed by atoms with Crippen molar-refractivity contribution in [2.45, 2.75) is 13.8 Å². The predicted molar refractivity (Wildman–Crippen MR) is 197 cm³/mol. The fourth-order valence-electron chi connectivity index (χ4n) is 6.05. The average molecular weight is 657 g/mol. The molecule has 0 atom stereocenters. The van der Waals surface area contributed by atoms with Crippen molar-refractivity contribution in [3.63, 3.8) is 0 Å². The molecule has 0 saturated carbocycles. The Hall–Kier alpha value is -6.80. The lowest BCUT2D eigenvalue weighted by atomic mass is 9.82. The van der Waals surface area contributed by atoms with E-state index in [-0.39, 0.29) is 45.6 Å². The first-order valence-corrected chi connectivity index (χ1v) is 16.1. The van der Waals surface area contributed by atoms with E-state index in [1.165, 1.54) is 0 Å². The van der Waals surface area contributed by atoms with Gasteiger partial charge < -0.3 is 21.3 Å². The molecule has 7 rings (SSSR count). The summed E-state index contributed by atoms with van der Waals surface area (Å²) in [7, 11) is 0. The fraction of sp³-hybridized carbons (Fsp3) is 0.0476. The molecule has 0 aromatic heterocycles. The number of hydrogen-bond donors (Lipinski definition) is 4. The Morgan fingerprint density at radius 3 is 1.22 bits per heavy atom. The van der Waals surface area contributed by atoms with Crippen LogP contribution in [0.3, 0.4) is 0 Å². The molecule has 6 aromatic carbocycles. The molecule has 2 amide bonds. The Kier molecular flexibility index (Phi) is 8.50. The van der Waals surface area contributed by atoms with E-state index in [1.807, 2.05) is 62.4 Å². The summed E-state index contributed by atoms with van der Waals surface area (Å²) in [6, 6.07) is 39.2. The zero-order valence-corrected chi connectivity index (χ0v) is 27.3. The molecule has 1 aliphatic rings. The van der Waals surface area contributed by atoms with Crippen LogP contribution in [0.15, 0.2) is 133 Å². The number of carbonyl (C=O) groups is 4. The number of anilines is 6. The number of aryl methyl sites for hydroxylation is 2. The molecule has 1 aliphatic carbocycles. The van der Waals surface area contributed by atoms with Crippen molar-refractivity contribution in [3.8, 4) is 0 Å². The first kappa shape index (κ1) is 31.8. The summed E-state index contributed by atoms with van der Waals surface area (Å²) in [6.07, 6.45) is 0. The highest BCUT2D eigenvalue weighted by Crippen LogP contribution is 2.39. The molecule has 4 N–H and O–H groups in total. The van der Waals surface area contributed by atoms with Crippen LogP contribution in [0.25, 0.3) is 0 Å². The van der Waals surface area contributed by atoms with Crippen LogP contribution in [-0.2, 0) is 0 Å². The van der Waals surface area contributed by atoms with Crippen molar-refractivity contribution in [1.29, 1.82) is 0 Å².